The first-order valence-corrected chi connectivity index (χ1v) is 17.9. The van der Waals surface area contributed by atoms with Gasteiger partial charge in [-0.2, -0.15) is 0 Å². The lowest BCUT2D eigenvalue weighted by atomic mass is 9.82. The molecule has 1 unspecified atom stereocenters. The van der Waals surface area contributed by atoms with Gasteiger partial charge in [0.15, 0.2) is 0 Å². The largest absolute Gasteiger partial charge is 0.506 e. The fourth-order valence-corrected chi connectivity index (χ4v) is 8.57. The topological polar surface area (TPSA) is 117 Å². The molecule has 256 valence electrons. The molecule has 1 aliphatic carbocycles. The molecule has 9 heteroatoms. The third-order valence-electron chi connectivity index (χ3n) is 11.3. The van der Waals surface area contributed by atoms with Crippen LogP contribution in [-0.4, -0.2) is 71.7 Å². The number of aromatic hydroxyl groups is 1. The molecule has 4 aliphatic rings. The summed E-state index contributed by atoms with van der Waals surface area (Å²) in [7, 11) is 0. The first-order chi connectivity index (χ1) is 23.5. The number of nitrogens with one attached hydrogen (secondary N) is 2. The average molecular weight is 657 g/mol. The number of ether oxygens (including phenoxy) is 2. The van der Waals surface area contributed by atoms with Crippen LogP contribution in [0.3, 0.4) is 0 Å². The number of aliphatic hydroxyl groups excluding tert-OH is 1. The molecule has 8 rings (SSSR count). The van der Waals surface area contributed by atoms with Crippen LogP contribution in [0.15, 0.2) is 76.1 Å². The molecule has 3 aliphatic heterocycles. The monoisotopic (exact) mass is 656 g/mol. The van der Waals surface area contributed by atoms with Gasteiger partial charge < -0.3 is 38.9 Å². The standard InChI is InChI=1S/C39H49N3O6/c43-34-14-12-31(32-13-15-38(45)41-39(32)34)35(44)24-40-23-27-8-10-30(11-9-27)46-22-4-18-42-19-16-29(17-20-42)37(25-42)48-26-33(28-5-1-2-6-28)36-7-3-21-47-36/h3,7-15,21,28-29,33,35,37,40,44H,1-2,4-6,16-20,22-26H2,(H-,41,43,45)/p+1/t29?,33?,35-,37-,42?/m0/s1. The molecule has 2 aromatic heterocycles. The highest BCUT2D eigenvalue weighted by Gasteiger charge is 2.46. The molecule has 2 aromatic carbocycles. The number of rotatable bonds is 15. The van der Waals surface area contributed by atoms with Crippen LogP contribution in [0.1, 0.15) is 73.9 Å². The molecule has 4 aromatic rings. The van der Waals surface area contributed by atoms with E-state index in [0.29, 0.717) is 60.0 Å². The van der Waals surface area contributed by atoms with Crippen molar-refractivity contribution in [3.05, 3.63) is 94.2 Å². The minimum atomic E-state index is -0.795. The molecule has 48 heavy (non-hydrogen) atoms. The van der Waals surface area contributed by atoms with E-state index in [4.69, 9.17) is 13.9 Å². The maximum Gasteiger partial charge on any atom is 0.248 e. The summed E-state index contributed by atoms with van der Waals surface area (Å²) in [4.78, 5) is 14.3. The summed E-state index contributed by atoms with van der Waals surface area (Å²) in [5, 5.41) is 24.9. The number of furan rings is 1. The smallest absolute Gasteiger partial charge is 0.248 e. The maximum absolute atomic E-state index is 11.7. The van der Waals surface area contributed by atoms with E-state index in [1.165, 1.54) is 63.7 Å². The first kappa shape index (κ1) is 32.9. The number of phenols is 1. The maximum atomic E-state index is 11.7. The van der Waals surface area contributed by atoms with Crippen LogP contribution >= 0.6 is 0 Å². The Morgan fingerprint density at radius 2 is 1.81 bits per heavy atom. The van der Waals surface area contributed by atoms with Gasteiger partial charge in [0, 0.05) is 55.6 Å². The number of phenolic OH excluding ortho intramolecular Hbond substituents is 1. The van der Waals surface area contributed by atoms with Crippen LogP contribution < -0.4 is 15.6 Å². The summed E-state index contributed by atoms with van der Waals surface area (Å²) in [6.45, 7) is 7.18. The number of nitrogens with zero attached hydrogens (tertiary/aromatic N) is 1. The Morgan fingerprint density at radius 3 is 2.58 bits per heavy atom. The van der Waals surface area contributed by atoms with Gasteiger partial charge in [0.25, 0.3) is 0 Å². The summed E-state index contributed by atoms with van der Waals surface area (Å²) < 4.78 is 20.0. The van der Waals surface area contributed by atoms with Crippen LogP contribution in [0.4, 0.5) is 0 Å². The van der Waals surface area contributed by atoms with Crippen molar-refractivity contribution in [2.75, 3.05) is 45.9 Å². The Balaban J connectivity index is 0.844. The summed E-state index contributed by atoms with van der Waals surface area (Å²) in [6, 6.07) is 18.5. The van der Waals surface area contributed by atoms with E-state index in [-0.39, 0.29) is 11.3 Å². The zero-order valence-corrected chi connectivity index (χ0v) is 27.8. The highest BCUT2D eigenvalue weighted by Crippen LogP contribution is 2.40. The molecule has 0 radical (unpaired) electrons. The van der Waals surface area contributed by atoms with Crippen molar-refractivity contribution in [1.29, 1.82) is 0 Å². The van der Waals surface area contributed by atoms with Gasteiger partial charge in [-0.25, -0.2) is 0 Å². The molecule has 2 bridgehead atoms. The molecule has 0 amide bonds. The minimum absolute atomic E-state index is 0.0165. The number of quaternary nitrogens is 1. The van der Waals surface area contributed by atoms with Gasteiger partial charge in [0.2, 0.25) is 5.56 Å². The number of pyridine rings is 1. The SMILES string of the molecule is O=c1ccc2c([C@@H](O)CNCc3ccc(OCCC[N+]45CCC(CC4)[C@@H](OCC(c4ccco4)C4CCCC4)C5)cc3)ccc(O)c2[nH]1. The third kappa shape index (κ3) is 7.49. The number of hydrogen-bond acceptors (Lipinski definition) is 7. The summed E-state index contributed by atoms with van der Waals surface area (Å²) in [5.41, 5.74) is 1.78. The predicted molar refractivity (Wildman–Crippen MR) is 185 cm³/mol. The number of aromatic nitrogens is 1. The highest BCUT2D eigenvalue weighted by molar-refractivity contribution is 5.87. The van der Waals surface area contributed by atoms with E-state index in [2.05, 4.69) is 28.5 Å². The zero-order chi connectivity index (χ0) is 32.9. The molecule has 1 saturated carbocycles. The summed E-state index contributed by atoms with van der Waals surface area (Å²) in [5.74, 6) is 3.72. The molecule has 5 heterocycles. The average Bonchev–Trinajstić information content (AvgIpc) is 3.85. The van der Waals surface area contributed by atoms with Crippen molar-refractivity contribution in [1.82, 2.24) is 10.3 Å². The molecule has 9 nitrogen and oxygen atoms in total. The lowest BCUT2D eigenvalue weighted by Crippen LogP contribution is -2.64. The number of fused-ring (bicyclic) bond motifs is 4. The van der Waals surface area contributed by atoms with E-state index in [0.717, 1.165) is 47.7 Å². The number of benzene rings is 2. The fourth-order valence-electron chi connectivity index (χ4n) is 8.57. The van der Waals surface area contributed by atoms with Crippen LogP contribution in [0.2, 0.25) is 0 Å². The Kier molecular flexibility index (Phi) is 10.2. The van der Waals surface area contributed by atoms with Crippen molar-refractivity contribution in [2.45, 2.75) is 69.6 Å². The van der Waals surface area contributed by atoms with Gasteiger partial charge >= 0.3 is 0 Å². The number of aromatic amines is 1. The second kappa shape index (κ2) is 14.9. The van der Waals surface area contributed by atoms with Gasteiger partial charge in [-0.05, 0) is 66.3 Å². The molecule has 4 fully saturated rings. The predicted octanol–water partition coefficient (Wildman–Crippen LogP) is 6.02. The van der Waals surface area contributed by atoms with Gasteiger partial charge in [0.05, 0.1) is 50.7 Å². The number of H-pyrrole nitrogens is 1. The Hall–Kier alpha value is -3.63. The van der Waals surface area contributed by atoms with Crippen LogP contribution in [0, 0.1) is 11.8 Å². The van der Waals surface area contributed by atoms with Crippen molar-refractivity contribution in [3.63, 3.8) is 0 Å². The van der Waals surface area contributed by atoms with Crippen molar-refractivity contribution in [3.8, 4) is 11.5 Å². The molecular weight excluding hydrogens is 606 g/mol. The minimum Gasteiger partial charge on any atom is -0.506 e. The lowest BCUT2D eigenvalue weighted by Gasteiger charge is -2.52. The number of piperidine rings is 3. The van der Waals surface area contributed by atoms with Crippen molar-refractivity contribution < 1.29 is 28.6 Å². The van der Waals surface area contributed by atoms with Crippen molar-refractivity contribution >= 4 is 10.9 Å². The van der Waals surface area contributed by atoms with E-state index >= 15 is 0 Å². The quantitative estimate of drug-likeness (QED) is 0.0914. The number of aliphatic hydroxyl groups is 1. The van der Waals surface area contributed by atoms with Gasteiger partial charge in [-0.15, -0.1) is 0 Å². The van der Waals surface area contributed by atoms with Crippen LogP contribution in [-0.2, 0) is 11.3 Å². The zero-order valence-electron chi connectivity index (χ0n) is 27.8. The van der Waals surface area contributed by atoms with Crippen LogP contribution in [0.5, 0.6) is 11.5 Å². The van der Waals surface area contributed by atoms with E-state index in [1.54, 1.807) is 12.1 Å². The van der Waals surface area contributed by atoms with Gasteiger partial charge in [-0.1, -0.05) is 31.0 Å². The lowest BCUT2D eigenvalue weighted by molar-refractivity contribution is -0.946. The normalized spacial score (nSPS) is 23.9. The summed E-state index contributed by atoms with van der Waals surface area (Å²) >= 11 is 0. The molecule has 3 saturated heterocycles. The fraction of sp³-hybridized carbons (Fsp3) is 0.513. The Morgan fingerprint density at radius 1 is 1.00 bits per heavy atom. The Bertz CT molecular complexity index is 1670. The van der Waals surface area contributed by atoms with Gasteiger partial charge in [-0.3, -0.25) is 4.79 Å². The first-order valence-electron chi connectivity index (χ1n) is 17.9. The highest BCUT2D eigenvalue weighted by atomic mass is 16.5. The van der Waals surface area contributed by atoms with E-state index in [1.807, 2.05) is 24.5 Å². The van der Waals surface area contributed by atoms with E-state index in [9.17, 15) is 15.0 Å². The van der Waals surface area contributed by atoms with Crippen molar-refractivity contribution in [2.24, 2.45) is 11.8 Å². The molecular formula is C39H50N3O6+. The molecule has 3 atom stereocenters. The Labute approximate surface area is 282 Å². The third-order valence-corrected chi connectivity index (χ3v) is 11.3. The van der Waals surface area contributed by atoms with Gasteiger partial charge in [0.1, 0.15) is 29.9 Å². The second-order valence-electron chi connectivity index (χ2n) is 14.3. The number of hydrogen-bond donors (Lipinski definition) is 4. The van der Waals surface area contributed by atoms with E-state index < -0.39 is 6.10 Å². The second-order valence-corrected chi connectivity index (χ2v) is 14.3. The summed E-state index contributed by atoms with van der Waals surface area (Å²) in [6.07, 6.45) is 10.1. The van der Waals surface area contributed by atoms with Crippen LogP contribution in [0.25, 0.3) is 10.9 Å². The molecule has 4 N–H and O–H groups in total. The molecule has 0 spiro atoms.